The van der Waals surface area contributed by atoms with E-state index in [4.69, 9.17) is 23.2 Å². The summed E-state index contributed by atoms with van der Waals surface area (Å²) in [4.78, 5) is 12.5. The highest BCUT2D eigenvalue weighted by molar-refractivity contribution is 6.42. The first-order chi connectivity index (χ1) is 17.1. The molecule has 0 spiro atoms. The number of phenolic OH excluding ortho intramolecular Hbond substituents is 1. The van der Waals surface area contributed by atoms with Gasteiger partial charge in [-0.1, -0.05) is 55.2 Å². The smallest absolute Gasteiger partial charge is 0.255 e. The van der Waals surface area contributed by atoms with Crippen LogP contribution in [0.5, 0.6) is 5.75 Å². The third-order valence-corrected chi connectivity index (χ3v) is 8.05. The molecule has 0 saturated heterocycles. The maximum Gasteiger partial charge on any atom is 0.255 e. The number of benzene rings is 3. The molecular weight excluding hydrogens is 491 g/mol. The Balaban J connectivity index is 1.43. The molecule has 1 atom stereocenters. The number of anilines is 1. The number of aromatic hydroxyl groups is 1. The zero-order valence-corrected chi connectivity index (χ0v) is 22.9. The van der Waals surface area contributed by atoms with Crippen molar-refractivity contribution in [3.63, 3.8) is 0 Å². The number of amides is 1. The van der Waals surface area contributed by atoms with Crippen molar-refractivity contribution in [2.45, 2.75) is 59.4 Å². The van der Waals surface area contributed by atoms with Crippen molar-refractivity contribution in [3.8, 4) is 5.75 Å². The minimum absolute atomic E-state index is 0.00519. The van der Waals surface area contributed by atoms with E-state index < -0.39 is 0 Å². The molecule has 1 unspecified atom stereocenters. The van der Waals surface area contributed by atoms with Crippen molar-refractivity contribution in [3.05, 3.63) is 92.0 Å². The van der Waals surface area contributed by atoms with Gasteiger partial charge in [-0.3, -0.25) is 4.79 Å². The quantitative estimate of drug-likeness (QED) is 0.281. The molecule has 3 N–H and O–H groups in total. The number of hydrogen-bond donors (Lipinski definition) is 3. The molecule has 4 rings (SSSR count). The summed E-state index contributed by atoms with van der Waals surface area (Å²) in [7, 11) is 0. The highest BCUT2D eigenvalue weighted by atomic mass is 35.5. The Morgan fingerprint density at radius 1 is 1.08 bits per heavy atom. The lowest BCUT2D eigenvalue weighted by molar-refractivity contribution is 0.0946. The van der Waals surface area contributed by atoms with Gasteiger partial charge in [0.1, 0.15) is 5.75 Å². The molecule has 0 aliphatic heterocycles. The van der Waals surface area contributed by atoms with Crippen molar-refractivity contribution in [2.75, 3.05) is 11.9 Å². The summed E-state index contributed by atoms with van der Waals surface area (Å²) >= 11 is 12.3. The van der Waals surface area contributed by atoms with Crippen LogP contribution < -0.4 is 10.6 Å². The average Bonchev–Trinajstić information content (AvgIpc) is 3.21. The minimum Gasteiger partial charge on any atom is -0.507 e. The van der Waals surface area contributed by atoms with Gasteiger partial charge < -0.3 is 15.7 Å². The third kappa shape index (κ3) is 5.82. The molecule has 0 bridgehead atoms. The second-order valence-corrected chi connectivity index (χ2v) is 11.4. The first kappa shape index (κ1) is 26.4. The zero-order chi connectivity index (χ0) is 26.0. The number of hydrogen-bond acceptors (Lipinski definition) is 3. The van der Waals surface area contributed by atoms with Crippen LogP contribution in [0.4, 0.5) is 5.69 Å². The first-order valence-corrected chi connectivity index (χ1v) is 13.2. The van der Waals surface area contributed by atoms with E-state index in [2.05, 4.69) is 44.4 Å². The fraction of sp³-hybridized carbons (Fsp3) is 0.367. The first-order valence-electron chi connectivity index (χ1n) is 12.5. The summed E-state index contributed by atoms with van der Waals surface area (Å²) in [5.74, 6) is -0.236. The molecule has 4 nitrogen and oxygen atoms in total. The summed E-state index contributed by atoms with van der Waals surface area (Å²) in [6.45, 7) is 9.50. The molecule has 3 aromatic rings. The van der Waals surface area contributed by atoms with Gasteiger partial charge in [-0.2, -0.15) is 0 Å². The van der Waals surface area contributed by atoms with E-state index in [0.717, 1.165) is 31.4 Å². The van der Waals surface area contributed by atoms with Gasteiger partial charge in [0.2, 0.25) is 0 Å². The van der Waals surface area contributed by atoms with Crippen molar-refractivity contribution >= 4 is 34.8 Å². The molecule has 6 heteroatoms. The lowest BCUT2D eigenvalue weighted by atomic mass is 9.79. The second-order valence-electron chi connectivity index (χ2n) is 10.6. The molecule has 36 heavy (non-hydrogen) atoms. The maximum absolute atomic E-state index is 12.5. The Bertz CT molecular complexity index is 1290. The number of aryl methyl sites for hydroxylation is 1. The third-order valence-electron chi connectivity index (χ3n) is 7.31. The predicted molar refractivity (Wildman–Crippen MR) is 150 cm³/mol. The van der Waals surface area contributed by atoms with Crippen LogP contribution in [0.1, 0.15) is 70.9 Å². The van der Waals surface area contributed by atoms with E-state index in [1.807, 2.05) is 18.2 Å². The number of rotatable bonds is 8. The minimum atomic E-state index is -0.241. The molecule has 1 aliphatic carbocycles. The molecule has 0 radical (unpaired) electrons. The molecule has 1 amide bonds. The van der Waals surface area contributed by atoms with Crippen LogP contribution in [0.15, 0.2) is 48.5 Å². The van der Waals surface area contributed by atoms with Gasteiger partial charge in [0.15, 0.2) is 0 Å². The Morgan fingerprint density at radius 3 is 2.56 bits per heavy atom. The monoisotopic (exact) mass is 524 g/mol. The Morgan fingerprint density at radius 2 is 1.83 bits per heavy atom. The van der Waals surface area contributed by atoms with Crippen LogP contribution in [0.2, 0.25) is 10.0 Å². The normalized spacial score (nSPS) is 15.0. The second kappa shape index (κ2) is 10.7. The topological polar surface area (TPSA) is 61.4 Å². The molecule has 0 saturated carbocycles. The summed E-state index contributed by atoms with van der Waals surface area (Å²) in [5.41, 5.74) is 8.20. The Kier molecular flexibility index (Phi) is 7.87. The molecular formula is C30H34Cl2N2O2. The van der Waals surface area contributed by atoms with Gasteiger partial charge in [0.05, 0.1) is 21.7 Å². The van der Waals surface area contributed by atoms with E-state index >= 15 is 0 Å². The molecule has 1 aliphatic rings. The van der Waals surface area contributed by atoms with Gasteiger partial charge >= 0.3 is 0 Å². The molecule has 3 aromatic carbocycles. The van der Waals surface area contributed by atoms with E-state index in [0.29, 0.717) is 22.2 Å². The van der Waals surface area contributed by atoms with Gasteiger partial charge in [-0.05, 0) is 103 Å². The van der Waals surface area contributed by atoms with Gasteiger partial charge in [-0.25, -0.2) is 0 Å². The van der Waals surface area contributed by atoms with Crippen LogP contribution in [-0.2, 0) is 12.8 Å². The highest BCUT2D eigenvalue weighted by Gasteiger charge is 2.28. The van der Waals surface area contributed by atoms with Crippen molar-refractivity contribution in [1.29, 1.82) is 0 Å². The number of carbonyl (C=O) groups is 1. The fourth-order valence-electron chi connectivity index (χ4n) is 5.24. The number of fused-ring (bicyclic) bond motifs is 1. The van der Waals surface area contributed by atoms with Crippen LogP contribution in [0, 0.1) is 19.3 Å². The summed E-state index contributed by atoms with van der Waals surface area (Å²) in [5, 5.41) is 17.6. The molecule has 190 valence electrons. The maximum atomic E-state index is 12.5. The van der Waals surface area contributed by atoms with Crippen LogP contribution >= 0.6 is 23.2 Å². The predicted octanol–water partition coefficient (Wildman–Crippen LogP) is 7.80. The Hall–Kier alpha value is -2.69. The average molecular weight is 526 g/mol. The number of phenols is 1. The fourth-order valence-corrected chi connectivity index (χ4v) is 5.54. The Labute approximate surface area is 224 Å². The van der Waals surface area contributed by atoms with Crippen LogP contribution in [-0.4, -0.2) is 17.6 Å². The molecule has 0 heterocycles. The van der Waals surface area contributed by atoms with Gasteiger partial charge in [0.25, 0.3) is 5.91 Å². The summed E-state index contributed by atoms with van der Waals surface area (Å²) in [6.07, 6.45) is 3.87. The van der Waals surface area contributed by atoms with E-state index in [-0.39, 0.29) is 23.1 Å². The van der Waals surface area contributed by atoms with Gasteiger partial charge in [0, 0.05) is 12.2 Å². The summed E-state index contributed by atoms with van der Waals surface area (Å²) < 4.78 is 0. The summed E-state index contributed by atoms with van der Waals surface area (Å²) in [6, 6.07) is 14.9. The van der Waals surface area contributed by atoms with Crippen LogP contribution in [0.25, 0.3) is 0 Å². The van der Waals surface area contributed by atoms with E-state index in [9.17, 15) is 9.90 Å². The van der Waals surface area contributed by atoms with E-state index in [1.165, 1.54) is 33.9 Å². The number of para-hydroxylation sites is 1. The molecule has 0 aromatic heterocycles. The lowest BCUT2D eigenvalue weighted by Gasteiger charge is -2.28. The van der Waals surface area contributed by atoms with Crippen molar-refractivity contribution in [2.24, 2.45) is 5.41 Å². The van der Waals surface area contributed by atoms with Crippen molar-refractivity contribution in [1.82, 2.24) is 5.32 Å². The number of nitrogens with one attached hydrogen (secondary N) is 2. The SMILES string of the molecule is Cc1cc2c(c(C)c1CC(C)(C)CCNC(=O)c1ccccc1O)CCC2Nc1ccc(Cl)c(Cl)c1. The number of halogens is 2. The van der Waals surface area contributed by atoms with Crippen LogP contribution in [0.3, 0.4) is 0 Å². The zero-order valence-electron chi connectivity index (χ0n) is 21.3. The molecule has 0 fully saturated rings. The lowest BCUT2D eigenvalue weighted by Crippen LogP contribution is -2.29. The van der Waals surface area contributed by atoms with Crippen molar-refractivity contribution < 1.29 is 9.90 Å². The highest BCUT2D eigenvalue weighted by Crippen LogP contribution is 2.40. The van der Waals surface area contributed by atoms with E-state index in [1.54, 1.807) is 18.2 Å². The number of carbonyl (C=O) groups excluding carboxylic acids is 1. The van der Waals surface area contributed by atoms with Gasteiger partial charge in [-0.15, -0.1) is 0 Å². The standard InChI is InChI=1S/C30H34Cl2N2O2/c1-18-15-23-21(10-12-27(23)34-20-9-11-25(31)26(32)16-20)19(2)24(18)17-30(3,4)13-14-33-29(36)22-7-5-6-8-28(22)35/h5-9,11,15-16,27,34-35H,10,12-14,17H2,1-4H3,(H,33,36). The largest absolute Gasteiger partial charge is 0.507 e.